The molecule has 0 radical (unpaired) electrons. The topological polar surface area (TPSA) is 98.5 Å². The highest BCUT2D eigenvalue weighted by Gasteiger charge is 2.22. The number of nitrogens with one attached hydrogen (secondary N) is 1. The van der Waals surface area contributed by atoms with Gasteiger partial charge in [0.1, 0.15) is 0 Å². The van der Waals surface area contributed by atoms with Crippen LogP contribution in [-0.2, 0) is 10.0 Å². The van der Waals surface area contributed by atoms with Crippen LogP contribution in [0, 0.1) is 10.1 Å². The third kappa shape index (κ3) is 4.04. The monoisotopic (exact) mass is 376 g/mol. The van der Waals surface area contributed by atoms with E-state index >= 15 is 0 Å². The smallest absolute Gasteiger partial charge is 0.312 e. The summed E-state index contributed by atoms with van der Waals surface area (Å²) in [6, 6.07) is 7.48. The van der Waals surface area contributed by atoms with Gasteiger partial charge in [0.05, 0.1) is 22.6 Å². The summed E-state index contributed by atoms with van der Waals surface area (Å²) in [6.07, 6.45) is 0. The molecule has 0 bridgehead atoms. The van der Waals surface area contributed by atoms with Gasteiger partial charge in [0.2, 0.25) is 0 Å². The van der Waals surface area contributed by atoms with Crippen LogP contribution in [0.1, 0.15) is 0 Å². The summed E-state index contributed by atoms with van der Waals surface area (Å²) in [6.45, 7) is 0. The zero-order valence-corrected chi connectivity index (χ0v) is 13.9. The lowest BCUT2D eigenvalue weighted by atomic mass is 10.3. The van der Waals surface area contributed by atoms with E-state index in [1.54, 1.807) is 0 Å². The molecule has 2 rings (SSSR count). The Bertz CT molecular complexity index is 850. The van der Waals surface area contributed by atoms with Gasteiger partial charge in [-0.1, -0.05) is 23.2 Å². The van der Waals surface area contributed by atoms with Crippen molar-refractivity contribution in [2.75, 3.05) is 11.8 Å². The largest absolute Gasteiger partial charge is 0.490 e. The number of hydrogen-bond donors (Lipinski definition) is 1. The van der Waals surface area contributed by atoms with Gasteiger partial charge in [-0.2, -0.15) is 0 Å². The van der Waals surface area contributed by atoms with Crippen LogP contribution >= 0.6 is 23.2 Å². The maximum absolute atomic E-state index is 12.3. The first-order valence-corrected chi connectivity index (χ1v) is 8.28. The van der Waals surface area contributed by atoms with Gasteiger partial charge in [-0.05, 0) is 30.3 Å². The van der Waals surface area contributed by atoms with E-state index in [4.69, 9.17) is 27.9 Å². The van der Waals surface area contributed by atoms with Crippen molar-refractivity contribution in [1.82, 2.24) is 0 Å². The average molecular weight is 377 g/mol. The molecule has 23 heavy (non-hydrogen) atoms. The van der Waals surface area contributed by atoms with Crippen molar-refractivity contribution in [3.63, 3.8) is 0 Å². The van der Waals surface area contributed by atoms with Gasteiger partial charge in [0.25, 0.3) is 10.0 Å². The van der Waals surface area contributed by atoms with Gasteiger partial charge in [-0.25, -0.2) is 8.42 Å². The van der Waals surface area contributed by atoms with E-state index in [9.17, 15) is 18.5 Å². The first-order chi connectivity index (χ1) is 10.7. The Kier molecular flexibility index (Phi) is 4.98. The molecule has 0 saturated carbocycles. The molecule has 0 spiro atoms. The van der Waals surface area contributed by atoms with Gasteiger partial charge in [0.15, 0.2) is 5.75 Å². The molecule has 122 valence electrons. The van der Waals surface area contributed by atoms with E-state index in [0.717, 1.165) is 6.07 Å². The fourth-order valence-electron chi connectivity index (χ4n) is 1.81. The molecule has 0 saturated heterocycles. The Labute approximate surface area is 142 Å². The summed E-state index contributed by atoms with van der Waals surface area (Å²) in [5.41, 5.74) is -0.319. The Balaban J connectivity index is 2.43. The number of benzene rings is 2. The molecule has 0 fully saturated rings. The van der Waals surface area contributed by atoms with Crippen LogP contribution in [0.4, 0.5) is 11.4 Å². The molecule has 10 heteroatoms. The number of anilines is 1. The summed E-state index contributed by atoms with van der Waals surface area (Å²) in [7, 11) is -2.80. The Morgan fingerprint density at radius 2 is 1.74 bits per heavy atom. The molecule has 2 aromatic carbocycles. The molecule has 0 amide bonds. The van der Waals surface area contributed by atoms with Crippen LogP contribution in [0.2, 0.25) is 10.0 Å². The van der Waals surface area contributed by atoms with Crippen molar-refractivity contribution in [3.05, 3.63) is 56.6 Å². The van der Waals surface area contributed by atoms with Crippen LogP contribution < -0.4 is 9.46 Å². The molecule has 0 aliphatic heterocycles. The van der Waals surface area contributed by atoms with Crippen LogP contribution in [0.15, 0.2) is 41.3 Å². The number of nitrogens with zero attached hydrogens (tertiary/aromatic N) is 1. The van der Waals surface area contributed by atoms with Crippen molar-refractivity contribution in [2.45, 2.75) is 4.90 Å². The van der Waals surface area contributed by atoms with E-state index in [1.807, 2.05) is 0 Å². The minimum absolute atomic E-state index is 0.0419. The molecule has 0 atom stereocenters. The fraction of sp³-hybridized carbons (Fsp3) is 0.0769. The number of nitro groups is 1. The van der Waals surface area contributed by atoms with Crippen molar-refractivity contribution < 1.29 is 18.1 Å². The minimum atomic E-state index is -4.06. The van der Waals surface area contributed by atoms with E-state index in [2.05, 4.69) is 4.72 Å². The maximum atomic E-state index is 12.3. The SMILES string of the molecule is COc1ccc(S(=O)(=O)Nc2cc(Cl)cc(Cl)c2)cc1[N+](=O)[O-]. The van der Waals surface area contributed by atoms with Crippen molar-refractivity contribution in [1.29, 1.82) is 0 Å². The van der Waals surface area contributed by atoms with Gasteiger partial charge < -0.3 is 4.74 Å². The zero-order chi connectivity index (χ0) is 17.2. The van der Waals surface area contributed by atoms with Crippen molar-refractivity contribution in [2.24, 2.45) is 0 Å². The molecule has 0 aliphatic carbocycles. The molecule has 7 nitrogen and oxygen atoms in total. The van der Waals surface area contributed by atoms with E-state index in [0.29, 0.717) is 0 Å². The number of hydrogen-bond acceptors (Lipinski definition) is 5. The molecule has 1 N–H and O–H groups in total. The van der Waals surface area contributed by atoms with Gasteiger partial charge in [-0.15, -0.1) is 0 Å². The summed E-state index contributed by atoms with van der Waals surface area (Å²) in [5, 5.41) is 11.5. The molecule has 0 unspecified atom stereocenters. The Hall–Kier alpha value is -2.03. The highest BCUT2D eigenvalue weighted by atomic mass is 35.5. The summed E-state index contributed by atoms with van der Waals surface area (Å²) < 4.78 is 31.8. The van der Waals surface area contributed by atoms with E-state index in [1.165, 1.54) is 37.4 Å². The minimum Gasteiger partial charge on any atom is -0.490 e. The second kappa shape index (κ2) is 6.61. The molecule has 0 aromatic heterocycles. The highest BCUT2D eigenvalue weighted by Crippen LogP contribution is 2.30. The first-order valence-electron chi connectivity index (χ1n) is 6.04. The lowest BCUT2D eigenvalue weighted by Crippen LogP contribution is -2.13. The predicted octanol–water partition coefficient (Wildman–Crippen LogP) is 3.71. The summed E-state index contributed by atoms with van der Waals surface area (Å²) >= 11 is 11.6. The maximum Gasteiger partial charge on any atom is 0.312 e. The Morgan fingerprint density at radius 3 is 2.26 bits per heavy atom. The van der Waals surface area contributed by atoms with Gasteiger partial charge in [0, 0.05) is 16.1 Å². The van der Waals surface area contributed by atoms with Gasteiger partial charge >= 0.3 is 5.69 Å². The predicted molar refractivity (Wildman–Crippen MR) is 86.9 cm³/mol. The number of nitro benzene ring substituents is 1. The second-order valence-electron chi connectivity index (χ2n) is 4.35. The van der Waals surface area contributed by atoms with E-state index in [-0.39, 0.29) is 26.4 Å². The van der Waals surface area contributed by atoms with Crippen LogP contribution in [0.5, 0.6) is 5.75 Å². The van der Waals surface area contributed by atoms with Gasteiger partial charge in [-0.3, -0.25) is 14.8 Å². The van der Waals surface area contributed by atoms with E-state index < -0.39 is 20.6 Å². The van der Waals surface area contributed by atoms with Crippen molar-refractivity contribution in [3.8, 4) is 5.75 Å². The number of rotatable bonds is 5. The molecular formula is C13H10Cl2N2O5S. The lowest BCUT2D eigenvalue weighted by Gasteiger charge is -2.10. The highest BCUT2D eigenvalue weighted by molar-refractivity contribution is 7.92. The van der Waals surface area contributed by atoms with Crippen LogP contribution in [-0.4, -0.2) is 20.5 Å². The quantitative estimate of drug-likeness (QED) is 0.633. The number of ether oxygens (including phenoxy) is 1. The number of halogens is 2. The molecule has 0 aliphatic rings. The zero-order valence-electron chi connectivity index (χ0n) is 11.6. The first kappa shape index (κ1) is 17.3. The lowest BCUT2D eigenvalue weighted by molar-refractivity contribution is -0.386. The second-order valence-corrected chi connectivity index (χ2v) is 6.91. The molecule has 2 aromatic rings. The number of methoxy groups -OCH3 is 1. The standard InChI is InChI=1S/C13H10Cl2N2O5S/c1-22-13-3-2-11(7-12(13)17(18)19)23(20,21)16-10-5-8(14)4-9(15)6-10/h2-7,16H,1H3. The van der Waals surface area contributed by atoms with Crippen LogP contribution in [0.25, 0.3) is 0 Å². The van der Waals surface area contributed by atoms with Crippen molar-refractivity contribution >= 4 is 44.6 Å². The summed E-state index contributed by atoms with van der Waals surface area (Å²) in [5.74, 6) is -0.0419. The molecular weight excluding hydrogens is 367 g/mol. The molecule has 0 heterocycles. The Morgan fingerprint density at radius 1 is 1.13 bits per heavy atom. The fourth-order valence-corrected chi connectivity index (χ4v) is 3.39. The summed E-state index contributed by atoms with van der Waals surface area (Å²) in [4.78, 5) is 9.96. The third-order valence-electron chi connectivity index (χ3n) is 2.77. The third-order valence-corrected chi connectivity index (χ3v) is 4.59. The number of sulfonamides is 1. The average Bonchev–Trinajstić information content (AvgIpc) is 2.44. The van der Waals surface area contributed by atoms with Crippen LogP contribution in [0.3, 0.4) is 0 Å². The normalized spacial score (nSPS) is 11.1.